The molecule has 3 aromatic rings. The lowest BCUT2D eigenvalue weighted by molar-refractivity contribution is -0.139. The zero-order valence-corrected chi connectivity index (χ0v) is 23.2. The van der Waals surface area contributed by atoms with Crippen molar-refractivity contribution in [3.05, 3.63) is 36.7 Å². The molecule has 2 N–H and O–H groups in total. The molecule has 1 saturated carbocycles. The first-order chi connectivity index (χ1) is 18.7. The van der Waals surface area contributed by atoms with Gasteiger partial charge in [-0.3, -0.25) is 9.35 Å². The van der Waals surface area contributed by atoms with Crippen LogP contribution in [0.25, 0.3) is 16.7 Å². The number of hydrogen-bond acceptors (Lipinski definition) is 8. The lowest BCUT2D eigenvalue weighted by Gasteiger charge is -2.34. The summed E-state index contributed by atoms with van der Waals surface area (Å²) in [6.07, 6.45) is 9.25. The molecule has 0 bridgehead atoms. The summed E-state index contributed by atoms with van der Waals surface area (Å²) in [5, 5.41) is 8.72. The Kier molecular flexibility index (Phi) is 8.03. The number of anilines is 1. The van der Waals surface area contributed by atoms with Crippen LogP contribution in [-0.4, -0.2) is 74.0 Å². The first-order valence-corrected chi connectivity index (χ1v) is 15.3. The van der Waals surface area contributed by atoms with Crippen LogP contribution in [0.1, 0.15) is 58.8 Å². The number of benzene rings is 1. The Bertz CT molecular complexity index is 1410. The molecule has 12 heteroatoms. The molecular formula is C27H36N6O5S. The molecule has 5 rings (SSSR count). The summed E-state index contributed by atoms with van der Waals surface area (Å²) in [7, 11) is -4.02. The highest BCUT2D eigenvalue weighted by Crippen LogP contribution is 2.32. The average molecular weight is 557 g/mol. The summed E-state index contributed by atoms with van der Waals surface area (Å²) in [4.78, 5) is 24.4. The normalized spacial score (nSPS) is 23.7. The van der Waals surface area contributed by atoms with Crippen molar-refractivity contribution in [1.82, 2.24) is 24.6 Å². The molecule has 2 fully saturated rings. The minimum absolute atomic E-state index is 0.0956. The van der Waals surface area contributed by atoms with E-state index in [-0.39, 0.29) is 30.7 Å². The predicted octanol–water partition coefficient (Wildman–Crippen LogP) is 3.84. The van der Waals surface area contributed by atoms with E-state index in [1.807, 2.05) is 12.1 Å². The van der Waals surface area contributed by atoms with E-state index in [0.29, 0.717) is 35.5 Å². The molecule has 3 heterocycles. The molecule has 1 saturated heterocycles. The van der Waals surface area contributed by atoms with Crippen molar-refractivity contribution in [1.29, 1.82) is 0 Å². The van der Waals surface area contributed by atoms with Crippen LogP contribution >= 0.6 is 0 Å². The van der Waals surface area contributed by atoms with Gasteiger partial charge in [0.15, 0.2) is 5.82 Å². The van der Waals surface area contributed by atoms with E-state index in [1.165, 1.54) is 0 Å². The SMILES string of the molecule is CC1CCC(C)N1C(=O)C1CCC(Nc2nccc(-n3ncc4c(OCCCS(=O)(=O)O)cccc43)n2)CC1. The molecule has 0 radical (unpaired) electrons. The van der Waals surface area contributed by atoms with Gasteiger partial charge in [0.1, 0.15) is 5.75 Å². The van der Waals surface area contributed by atoms with Crippen molar-refractivity contribution < 1.29 is 22.5 Å². The third-order valence-electron chi connectivity index (χ3n) is 7.85. The molecule has 2 unspecified atom stereocenters. The molecule has 1 aromatic carbocycles. The highest BCUT2D eigenvalue weighted by atomic mass is 32.2. The minimum atomic E-state index is -4.02. The van der Waals surface area contributed by atoms with Gasteiger partial charge in [-0.2, -0.15) is 18.5 Å². The summed E-state index contributed by atoms with van der Waals surface area (Å²) in [5.74, 6) is 1.76. The monoisotopic (exact) mass is 556 g/mol. The van der Waals surface area contributed by atoms with E-state index < -0.39 is 10.1 Å². The highest BCUT2D eigenvalue weighted by molar-refractivity contribution is 7.85. The second-order valence-electron chi connectivity index (χ2n) is 10.7. The van der Waals surface area contributed by atoms with Gasteiger partial charge in [0, 0.05) is 36.3 Å². The maximum atomic E-state index is 13.1. The molecule has 1 amide bonds. The fraction of sp³-hybridized carbons (Fsp3) is 0.556. The van der Waals surface area contributed by atoms with Gasteiger partial charge in [0.25, 0.3) is 10.1 Å². The van der Waals surface area contributed by atoms with Gasteiger partial charge >= 0.3 is 0 Å². The molecule has 2 atom stereocenters. The van der Waals surface area contributed by atoms with Gasteiger partial charge in [0.05, 0.1) is 29.5 Å². The van der Waals surface area contributed by atoms with Gasteiger partial charge in [0.2, 0.25) is 11.9 Å². The third-order valence-corrected chi connectivity index (χ3v) is 8.66. The Morgan fingerprint density at radius 1 is 1.10 bits per heavy atom. The molecule has 2 aliphatic rings. The van der Waals surface area contributed by atoms with Crippen LogP contribution in [0, 0.1) is 5.92 Å². The van der Waals surface area contributed by atoms with Crippen LogP contribution in [0.3, 0.4) is 0 Å². The number of amides is 1. The van der Waals surface area contributed by atoms with Crippen molar-refractivity contribution >= 4 is 32.9 Å². The Hall–Kier alpha value is -3.25. The average Bonchev–Trinajstić information content (AvgIpc) is 3.49. The first kappa shape index (κ1) is 27.3. The van der Waals surface area contributed by atoms with Crippen LogP contribution in [0.2, 0.25) is 0 Å². The largest absolute Gasteiger partial charge is 0.493 e. The smallest absolute Gasteiger partial charge is 0.264 e. The lowest BCUT2D eigenvalue weighted by atomic mass is 9.85. The van der Waals surface area contributed by atoms with Gasteiger partial charge < -0.3 is 15.0 Å². The number of fused-ring (bicyclic) bond motifs is 1. The number of ether oxygens (including phenoxy) is 1. The number of carbonyl (C=O) groups excluding carboxylic acids is 1. The summed E-state index contributed by atoms with van der Waals surface area (Å²) in [5.41, 5.74) is 0.788. The van der Waals surface area contributed by atoms with Crippen LogP contribution in [0.5, 0.6) is 5.75 Å². The number of hydrogen-bond donors (Lipinski definition) is 2. The number of carbonyl (C=O) groups is 1. The molecule has 0 spiro atoms. The van der Waals surface area contributed by atoms with Gasteiger partial charge in [-0.25, -0.2) is 9.67 Å². The topological polar surface area (TPSA) is 140 Å². The van der Waals surface area contributed by atoms with E-state index in [0.717, 1.165) is 49.4 Å². The van der Waals surface area contributed by atoms with Crippen LogP contribution in [0.15, 0.2) is 36.7 Å². The Morgan fingerprint density at radius 2 is 1.85 bits per heavy atom. The van der Waals surface area contributed by atoms with Crippen LogP contribution in [0.4, 0.5) is 5.95 Å². The summed E-state index contributed by atoms with van der Waals surface area (Å²) < 4.78 is 38.2. The number of aromatic nitrogens is 4. The summed E-state index contributed by atoms with van der Waals surface area (Å²) in [6.45, 7) is 4.46. The van der Waals surface area contributed by atoms with Crippen molar-refractivity contribution in [3.8, 4) is 11.6 Å². The fourth-order valence-corrected chi connectivity index (χ4v) is 6.28. The molecule has 2 aromatic heterocycles. The Morgan fingerprint density at radius 3 is 2.56 bits per heavy atom. The van der Waals surface area contributed by atoms with Crippen LogP contribution in [-0.2, 0) is 14.9 Å². The van der Waals surface area contributed by atoms with Crippen LogP contribution < -0.4 is 10.1 Å². The van der Waals surface area contributed by atoms with Gasteiger partial charge in [-0.1, -0.05) is 6.07 Å². The van der Waals surface area contributed by atoms with Crippen molar-refractivity contribution in [2.45, 2.75) is 76.9 Å². The van der Waals surface area contributed by atoms with E-state index in [1.54, 1.807) is 29.2 Å². The summed E-state index contributed by atoms with van der Waals surface area (Å²) in [6, 6.07) is 8.20. The highest BCUT2D eigenvalue weighted by Gasteiger charge is 2.36. The zero-order valence-electron chi connectivity index (χ0n) is 22.4. The number of likely N-dealkylation sites (tertiary alicyclic amines) is 1. The molecule has 39 heavy (non-hydrogen) atoms. The number of nitrogens with one attached hydrogen (secondary N) is 1. The fourth-order valence-electron chi connectivity index (χ4n) is 5.80. The quantitative estimate of drug-likeness (QED) is 0.297. The predicted molar refractivity (Wildman–Crippen MR) is 148 cm³/mol. The van der Waals surface area contributed by atoms with E-state index >= 15 is 0 Å². The molecule has 1 aliphatic heterocycles. The Labute approximate surface area is 228 Å². The second-order valence-corrected chi connectivity index (χ2v) is 12.3. The third kappa shape index (κ3) is 6.33. The van der Waals surface area contributed by atoms with E-state index in [4.69, 9.17) is 14.3 Å². The van der Waals surface area contributed by atoms with Crippen molar-refractivity contribution in [3.63, 3.8) is 0 Å². The second kappa shape index (κ2) is 11.5. The summed E-state index contributed by atoms with van der Waals surface area (Å²) >= 11 is 0. The maximum Gasteiger partial charge on any atom is 0.264 e. The number of nitrogens with zero attached hydrogens (tertiary/aromatic N) is 5. The zero-order chi connectivity index (χ0) is 27.6. The van der Waals surface area contributed by atoms with Gasteiger partial charge in [-0.15, -0.1) is 0 Å². The first-order valence-electron chi connectivity index (χ1n) is 13.7. The maximum absolute atomic E-state index is 13.1. The van der Waals surface area contributed by atoms with E-state index in [9.17, 15) is 13.2 Å². The van der Waals surface area contributed by atoms with Gasteiger partial charge in [-0.05, 0) is 70.9 Å². The lowest BCUT2D eigenvalue weighted by Crippen LogP contribution is -2.44. The molecule has 210 valence electrons. The molecular weight excluding hydrogens is 520 g/mol. The van der Waals surface area contributed by atoms with E-state index in [2.05, 4.69) is 34.1 Å². The standard InChI is InChI=1S/C27H36N6O5S/c1-18-7-8-19(2)32(18)26(34)20-9-11-21(12-10-20)30-27-28-14-13-25(31-27)33-23-5-3-6-24(22(23)17-29-33)38-15-4-16-39(35,36)37/h3,5-6,13-14,17-21H,4,7-12,15-16H2,1-2H3,(H,28,30,31)(H,35,36,37). The minimum Gasteiger partial charge on any atom is -0.493 e. The van der Waals surface area contributed by atoms with Crippen molar-refractivity contribution in [2.24, 2.45) is 5.92 Å². The number of rotatable bonds is 9. The molecule has 11 nitrogen and oxygen atoms in total. The van der Waals surface area contributed by atoms with Crippen molar-refractivity contribution in [2.75, 3.05) is 17.7 Å². The molecule has 1 aliphatic carbocycles. The Balaban J connectivity index is 1.21.